The Morgan fingerprint density at radius 3 is 2.67 bits per heavy atom. The Morgan fingerprint density at radius 1 is 0.933 bits per heavy atom. The predicted octanol–water partition coefficient (Wildman–Crippen LogP) is 4.20. The van der Waals surface area contributed by atoms with Gasteiger partial charge in [-0.2, -0.15) is 0 Å². The van der Waals surface area contributed by atoms with Crippen LogP contribution >= 0.6 is 11.8 Å². The van der Waals surface area contributed by atoms with Gasteiger partial charge in [0.25, 0.3) is 0 Å². The van der Waals surface area contributed by atoms with Crippen molar-refractivity contribution in [1.29, 1.82) is 0 Å². The number of fused-ring (bicyclic) bond motifs is 2. The molecule has 1 aliphatic rings. The quantitative estimate of drug-likeness (QED) is 0.600. The van der Waals surface area contributed by atoms with Gasteiger partial charge in [-0.25, -0.2) is 0 Å². The molecule has 2 aromatic rings. The molecule has 0 amide bonds. The van der Waals surface area contributed by atoms with Gasteiger partial charge < -0.3 is 5.32 Å². The van der Waals surface area contributed by atoms with Crippen molar-refractivity contribution in [1.82, 2.24) is 0 Å². The molecule has 0 atom stereocenters. The Morgan fingerprint density at radius 2 is 1.73 bits per heavy atom. The van der Waals surface area contributed by atoms with Crippen LogP contribution in [0.15, 0.2) is 52.3 Å². The lowest BCUT2D eigenvalue weighted by atomic mass is 10.2. The molecular formula is C13H11NS. The molecule has 0 aliphatic carbocycles. The molecule has 0 spiro atoms. The van der Waals surface area contributed by atoms with Crippen LogP contribution in [-0.2, 0) is 0 Å². The van der Waals surface area contributed by atoms with Crippen LogP contribution in [-0.4, -0.2) is 0 Å². The highest BCUT2D eigenvalue weighted by atomic mass is 32.2. The van der Waals surface area contributed by atoms with Gasteiger partial charge in [0.2, 0.25) is 0 Å². The zero-order chi connectivity index (χ0) is 10.3. The minimum Gasteiger partial charge on any atom is -0.354 e. The summed E-state index contributed by atoms with van der Waals surface area (Å²) in [7, 11) is 0. The maximum absolute atomic E-state index is 3.45. The van der Waals surface area contributed by atoms with Crippen molar-refractivity contribution in [3.63, 3.8) is 0 Å². The summed E-state index contributed by atoms with van der Waals surface area (Å²) in [6, 6.07) is 14.9. The minimum atomic E-state index is 1.21. The van der Waals surface area contributed by atoms with E-state index in [1.165, 1.54) is 26.7 Å². The second-order valence-electron chi connectivity index (χ2n) is 3.72. The summed E-state index contributed by atoms with van der Waals surface area (Å²) in [4.78, 5) is 2.62. The maximum atomic E-state index is 3.45. The van der Waals surface area contributed by atoms with E-state index >= 15 is 0 Å². The smallest absolute Gasteiger partial charge is 0.0526 e. The SMILES string of the molecule is Cc1ccc2c(c1)Sc1ccccc1N2. The summed E-state index contributed by atoms with van der Waals surface area (Å²) in [5.41, 5.74) is 3.73. The van der Waals surface area contributed by atoms with Crippen molar-refractivity contribution in [2.75, 3.05) is 5.32 Å². The summed E-state index contributed by atoms with van der Waals surface area (Å²) in [5.74, 6) is 0. The van der Waals surface area contributed by atoms with Crippen molar-refractivity contribution in [3.05, 3.63) is 48.0 Å². The average molecular weight is 213 g/mol. The molecule has 1 N–H and O–H groups in total. The molecule has 1 nitrogen and oxygen atoms in total. The highest BCUT2D eigenvalue weighted by Crippen LogP contribution is 2.43. The molecule has 15 heavy (non-hydrogen) atoms. The molecule has 0 saturated heterocycles. The standard InChI is InChI=1S/C13H11NS/c1-9-6-7-11-13(8-9)15-12-5-3-2-4-10(12)14-11/h2-8,14H,1H3. The Bertz CT molecular complexity index is 520. The third-order valence-corrected chi connectivity index (χ3v) is 3.65. The fourth-order valence-electron chi connectivity index (χ4n) is 1.74. The molecule has 74 valence electrons. The van der Waals surface area contributed by atoms with Crippen molar-refractivity contribution in [2.24, 2.45) is 0 Å². The number of para-hydroxylation sites is 1. The molecule has 2 aromatic carbocycles. The van der Waals surface area contributed by atoms with E-state index in [1.807, 2.05) is 11.8 Å². The van der Waals surface area contributed by atoms with Crippen LogP contribution in [0.2, 0.25) is 0 Å². The topological polar surface area (TPSA) is 12.0 Å². The first-order chi connectivity index (χ1) is 7.33. The predicted molar refractivity (Wildman–Crippen MR) is 65.0 cm³/mol. The number of anilines is 2. The van der Waals surface area contributed by atoms with Gasteiger partial charge in [0.15, 0.2) is 0 Å². The van der Waals surface area contributed by atoms with Gasteiger partial charge in [0.05, 0.1) is 11.4 Å². The number of hydrogen-bond acceptors (Lipinski definition) is 2. The molecule has 0 fully saturated rings. The van der Waals surface area contributed by atoms with E-state index in [1.54, 1.807) is 0 Å². The van der Waals surface area contributed by atoms with Gasteiger partial charge in [-0.1, -0.05) is 30.0 Å². The van der Waals surface area contributed by atoms with E-state index in [0.29, 0.717) is 0 Å². The van der Waals surface area contributed by atoms with Crippen LogP contribution in [0.1, 0.15) is 5.56 Å². The lowest BCUT2D eigenvalue weighted by Gasteiger charge is -2.20. The number of nitrogens with one attached hydrogen (secondary N) is 1. The average Bonchev–Trinajstić information content (AvgIpc) is 2.26. The Kier molecular flexibility index (Phi) is 1.96. The van der Waals surface area contributed by atoms with Crippen molar-refractivity contribution >= 4 is 23.1 Å². The Hall–Kier alpha value is -1.41. The van der Waals surface area contributed by atoms with Crippen LogP contribution in [0.3, 0.4) is 0 Å². The van der Waals surface area contributed by atoms with Gasteiger partial charge in [-0.05, 0) is 36.8 Å². The number of benzene rings is 2. The van der Waals surface area contributed by atoms with E-state index in [2.05, 4.69) is 54.7 Å². The first kappa shape index (κ1) is 8.86. The fourth-order valence-corrected chi connectivity index (χ4v) is 2.83. The second kappa shape index (κ2) is 3.31. The minimum absolute atomic E-state index is 1.21. The molecular weight excluding hydrogens is 202 g/mol. The van der Waals surface area contributed by atoms with Crippen molar-refractivity contribution in [2.45, 2.75) is 16.7 Å². The molecule has 0 saturated carbocycles. The van der Waals surface area contributed by atoms with Crippen LogP contribution in [0.25, 0.3) is 0 Å². The van der Waals surface area contributed by atoms with E-state index in [-0.39, 0.29) is 0 Å². The zero-order valence-electron chi connectivity index (χ0n) is 8.45. The Balaban J connectivity index is 2.11. The van der Waals surface area contributed by atoms with Crippen molar-refractivity contribution < 1.29 is 0 Å². The third kappa shape index (κ3) is 1.51. The van der Waals surface area contributed by atoms with E-state index < -0.39 is 0 Å². The van der Waals surface area contributed by atoms with Gasteiger partial charge in [-0.3, -0.25) is 0 Å². The van der Waals surface area contributed by atoms with Gasteiger partial charge in [0.1, 0.15) is 0 Å². The number of aryl methyl sites for hydroxylation is 1. The zero-order valence-corrected chi connectivity index (χ0v) is 9.27. The maximum Gasteiger partial charge on any atom is 0.0526 e. The number of rotatable bonds is 0. The molecule has 1 aliphatic heterocycles. The van der Waals surface area contributed by atoms with Gasteiger partial charge in [-0.15, -0.1) is 0 Å². The van der Waals surface area contributed by atoms with Crippen LogP contribution in [0.5, 0.6) is 0 Å². The molecule has 0 radical (unpaired) electrons. The number of hydrogen-bond donors (Lipinski definition) is 1. The van der Waals surface area contributed by atoms with Crippen LogP contribution in [0.4, 0.5) is 11.4 Å². The van der Waals surface area contributed by atoms with Gasteiger partial charge in [0, 0.05) is 9.79 Å². The van der Waals surface area contributed by atoms with E-state index in [0.717, 1.165) is 0 Å². The molecule has 0 aromatic heterocycles. The summed E-state index contributed by atoms with van der Waals surface area (Å²) < 4.78 is 0. The monoisotopic (exact) mass is 213 g/mol. The first-order valence-electron chi connectivity index (χ1n) is 4.97. The summed E-state index contributed by atoms with van der Waals surface area (Å²) in [6.45, 7) is 2.13. The summed E-state index contributed by atoms with van der Waals surface area (Å²) >= 11 is 1.83. The molecule has 3 rings (SSSR count). The summed E-state index contributed by atoms with van der Waals surface area (Å²) in [6.07, 6.45) is 0. The highest BCUT2D eigenvalue weighted by Gasteiger charge is 2.14. The summed E-state index contributed by atoms with van der Waals surface area (Å²) in [5, 5.41) is 3.45. The lowest BCUT2D eigenvalue weighted by Crippen LogP contribution is -1.99. The lowest BCUT2D eigenvalue weighted by molar-refractivity contribution is 1.29. The Labute approximate surface area is 93.5 Å². The highest BCUT2D eigenvalue weighted by molar-refractivity contribution is 7.99. The third-order valence-electron chi connectivity index (χ3n) is 2.51. The first-order valence-corrected chi connectivity index (χ1v) is 5.79. The molecule has 0 unspecified atom stereocenters. The normalized spacial score (nSPS) is 12.6. The van der Waals surface area contributed by atoms with E-state index in [4.69, 9.17) is 0 Å². The van der Waals surface area contributed by atoms with Gasteiger partial charge >= 0.3 is 0 Å². The molecule has 0 bridgehead atoms. The molecule has 2 heteroatoms. The largest absolute Gasteiger partial charge is 0.354 e. The van der Waals surface area contributed by atoms with E-state index in [9.17, 15) is 0 Å². The van der Waals surface area contributed by atoms with Crippen LogP contribution in [0, 0.1) is 6.92 Å². The van der Waals surface area contributed by atoms with Crippen LogP contribution < -0.4 is 5.32 Å². The van der Waals surface area contributed by atoms with Crippen molar-refractivity contribution in [3.8, 4) is 0 Å². The fraction of sp³-hybridized carbons (Fsp3) is 0.0769. The molecule has 1 heterocycles. The second-order valence-corrected chi connectivity index (χ2v) is 4.81.